The third-order valence-corrected chi connectivity index (χ3v) is 4.00. The topological polar surface area (TPSA) is 122 Å². The summed E-state index contributed by atoms with van der Waals surface area (Å²) in [5.74, 6) is 0.0861. The van der Waals surface area contributed by atoms with Gasteiger partial charge in [0.1, 0.15) is 0 Å². The van der Waals surface area contributed by atoms with Crippen LogP contribution < -0.4 is 0 Å². The Kier molecular flexibility index (Phi) is 5.09. The number of hydrogen-bond acceptors (Lipinski definition) is 9. The molecule has 25 heavy (non-hydrogen) atoms. The lowest BCUT2D eigenvalue weighted by atomic mass is 10.3. The summed E-state index contributed by atoms with van der Waals surface area (Å²) in [7, 11) is 0. The predicted octanol–water partition coefficient (Wildman–Crippen LogP) is 3.07. The van der Waals surface area contributed by atoms with Crippen LogP contribution in [0.2, 0.25) is 0 Å². The van der Waals surface area contributed by atoms with Crippen molar-refractivity contribution in [3.05, 3.63) is 58.7 Å². The van der Waals surface area contributed by atoms with Crippen LogP contribution in [0.1, 0.15) is 5.89 Å². The Hall–Kier alpha value is -3.14. The second-order valence-electron chi connectivity index (χ2n) is 4.65. The van der Waals surface area contributed by atoms with Crippen LogP contribution in [0.5, 0.6) is 0 Å². The van der Waals surface area contributed by atoms with Crippen LogP contribution in [0, 0.1) is 10.1 Å². The largest absolute Gasteiger partial charge is 0.459 e. The number of furan rings is 1. The summed E-state index contributed by atoms with van der Waals surface area (Å²) >= 11 is 1.02. The molecule has 9 nitrogen and oxygen atoms in total. The number of esters is 1. The average molecular weight is 361 g/mol. The summed E-state index contributed by atoms with van der Waals surface area (Å²) in [5.41, 5.74) is -0.0553. The molecule has 0 saturated carbocycles. The van der Waals surface area contributed by atoms with Gasteiger partial charge in [0.15, 0.2) is 12.4 Å². The summed E-state index contributed by atoms with van der Waals surface area (Å²) in [6, 6.07) is 9.51. The van der Waals surface area contributed by atoms with Gasteiger partial charge in [0, 0.05) is 6.07 Å². The normalized spacial score (nSPS) is 10.6. The van der Waals surface area contributed by atoms with Gasteiger partial charge in [0.25, 0.3) is 17.5 Å². The van der Waals surface area contributed by atoms with E-state index in [-0.39, 0.29) is 29.8 Å². The van der Waals surface area contributed by atoms with Crippen molar-refractivity contribution in [2.45, 2.75) is 11.5 Å². The molecule has 0 amide bonds. The number of nitro groups is 1. The number of ether oxygens (including phenoxy) is 1. The van der Waals surface area contributed by atoms with Gasteiger partial charge in [-0.25, -0.2) is 0 Å². The van der Waals surface area contributed by atoms with Crippen molar-refractivity contribution >= 4 is 23.4 Å². The molecular weight excluding hydrogens is 350 g/mol. The molecule has 0 saturated heterocycles. The maximum absolute atomic E-state index is 11.8. The number of aromatic nitrogens is 2. The molecule has 0 atom stereocenters. The maximum Gasteiger partial charge on any atom is 0.316 e. The van der Waals surface area contributed by atoms with E-state index in [0.29, 0.717) is 10.7 Å². The molecule has 128 valence electrons. The van der Waals surface area contributed by atoms with Crippen LogP contribution >= 0.6 is 11.8 Å². The van der Waals surface area contributed by atoms with E-state index in [4.69, 9.17) is 13.6 Å². The third kappa shape index (κ3) is 4.23. The van der Waals surface area contributed by atoms with E-state index in [1.165, 1.54) is 12.3 Å². The van der Waals surface area contributed by atoms with E-state index < -0.39 is 10.9 Å². The van der Waals surface area contributed by atoms with E-state index >= 15 is 0 Å². The Morgan fingerprint density at radius 3 is 2.84 bits per heavy atom. The number of rotatable bonds is 7. The van der Waals surface area contributed by atoms with Crippen molar-refractivity contribution in [3.63, 3.8) is 0 Å². The van der Waals surface area contributed by atoms with Gasteiger partial charge in [-0.3, -0.25) is 14.9 Å². The molecule has 1 aromatic carbocycles. The molecule has 2 aromatic heterocycles. The minimum Gasteiger partial charge on any atom is -0.459 e. The molecule has 0 spiro atoms. The van der Waals surface area contributed by atoms with Crippen LogP contribution in [0.3, 0.4) is 0 Å². The molecule has 0 aliphatic carbocycles. The average Bonchev–Trinajstić information content (AvgIpc) is 3.29. The molecule has 2 heterocycles. The van der Waals surface area contributed by atoms with E-state index in [2.05, 4.69) is 10.2 Å². The second kappa shape index (κ2) is 7.62. The number of nitrogens with zero attached hydrogens (tertiary/aromatic N) is 3. The van der Waals surface area contributed by atoms with Crippen LogP contribution in [0.25, 0.3) is 11.7 Å². The maximum atomic E-state index is 11.8. The highest BCUT2D eigenvalue weighted by Crippen LogP contribution is 2.28. The van der Waals surface area contributed by atoms with Crippen molar-refractivity contribution in [2.24, 2.45) is 0 Å². The minimum atomic E-state index is -0.555. The first-order chi connectivity index (χ1) is 12.1. The van der Waals surface area contributed by atoms with Crippen molar-refractivity contribution in [1.29, 1.82) is 0 Å². The molecule has 0 fully saturated rings. The van der Waals surface area contributed by atoms with Crippen LogP contribution in [-0.2, 0) is 16.1 Å². The van der Waals surface area contributed by atoms with E-state index in [0.717, 1.165) is 11.8 Å². The summed E-state index contributed by atoms with van der Waals surface area (Å²) in [6.07, 6.45) is 1.47. The number of carbonyl (C=O) groups excluding carboxylic acids is 1. The lowest BCUT2D eigenvalue weighted by molar-refractivity contribution is -0.387. The van der Waals surface area contributed by atoms with Crippen molar-refractivity contribution < 1.29 is 23.3 Å². The summed E-state index contributed by atoms with van der Waals surface area (Å²) < 4.78 is 15.4. The number of thioether (sulfide) groups is 1. The monoisotopic (exact) mass is 361 g/mol. The molecule has 0 radical (unpaired) electrons. The highest BCUT2D eigenvalue weighted by atomic mass is 32.2. The van der Waals surface area contributed by atoms with Gasteiger partial charge in [-0.05, 0) is 18.2 Å². The lowest BCUT2D eigenvalue weighted by Crippen LogP contribution is -2.07. The quantitative estimate of drug-likeness (QED) is 0.270. The lowest BCUT2D eigenvalue weighted by Gasteiger charge is -2.03. The molecular formula is C15H11N3O6S. The Balaban J connectivity index is 1.51. The summed E-state index contributed by atoms with van der Waals surface area (Å²) in [5, 5.41) is 18.4. The molecule has 0 aliphatic heterocycles. The Morgan fingerprint density at radius 2 is 2.08 bits per heavy atom. The van der Waals surface area contributed by atoms with Crippen LogP contribution in [-0.4, -0.2) is 26.8 Å². The van der Waals surface area contributed by atoms with Crippen molar-refractivity contribution in [1.82, 2.24) is 10.2 Å². The van der Waals surface area contributed by atoms with E-state index in [1.54, 1.807) is 30.3 Å². The third-order valence-electron chi connectivity index (χ3n) is 2.96. The molecule has 0 unspecified atom stereocenters. The van der Waals surface area contributed by atoms with Gasteiger partial charge >= 0.3 is 5.97 Å². The van der Waals surface area contributed by atoms with Crippen molar-refractivity contribution in [3.8, 4) is 11.7 Å². The van der Waals surface area contributed by atoms with Gasteiger partial charge in [-0.15, -0.1) is 22.0 Å². The van der Waals surface area contributed by atoms with Crippen LogP contribution in [0.4, 0.5) is 5.69 Å². The second-order valence-corrected chi connectivity index (χ2v) is 5.67. The van der Waals surface area contributed by atoms with E-state index in [9.17, 15) is 14.9 Å². The first kappa shape index (κ1) is 16.7. The number of nitro benzene ring substituents is 1. The van der Waals surface area contributed by atoms with Gasteiger partial charge in [0.05, 0.1) is 21.8 Å². The number of hydrogen-bond donors (Lipinski definition) is 0. The van der Waals surface area contributed by atoms with Gasteiger partial charge in [0.2, 0.25) is 0 Å². The first-order valence-electron chi connectivity index (χ1n) is 7.01. The minimum absolute atomic E-state index is 0.0553. The molecule has 0 bridgehead atoms. The number of carbonyl (C=O) groups is 1. The molecule has 0 aliphatic rings. The number of benzene rings is 1. The van der Waals surface area contributed by atoms with Gasteiger partial charge in [-0.2, -0.15) is 0 Å². The zero-order valence-corrected chi connectivity index (χ0v) is 13.5. The standard InChI is InChI=1S/C15H11N3O6S/c19-14(9-25-12-6-2-1-4-10(12)18(20)21)23-8-13-16-17-15(24-13)11-5-3-7-22-11/h1-7H,8-9H2. The highest BCUT2D eigenvalue weighted by Gasteiger charge is 2.16. The van der Waals surface area contributed by atoms with Gasteiger partial charge in [-0.1, -0.05) is 12.1 Å². The zero-order valence-electron chi connectivity index (χ0n) is 12.7. The van der Waals surface area contributed by atoms with Crippen LogP contribution in [0.15, 0.2) is 56.4 Å². The first-order valence-corrected chi connectivity index (χ1v) is 8.00. The van der Waals surface area contributed by atoms with Crippen molar-refractivity contribution in [2.75, 3.05) is 5.75 Å². The number of para-hydroxylation sites is 1. The fourth-order valence-electron chi connectivity index (χ4n) is 1.86. The van der Waals surface area contributed by atoms with Gasteiger partial charge < -0.3 is 13.6 Å². The zero-order chi connectivity index (χ0) is 17.6. The Bertz CT molecular complexity index is 877. The molecule has 3 rings (SSSR count). The smallest absolute Gasteiger partial charge is 0.316 e. The fraction of sp³-hybridized carbons (Fsp3) is 0.133. The Labute approximate surface area is 145 Å². The molecule has 10 heteroatoms. The van der Waals surface area contributed by atoms with E-state index in [1.807, 2.05) is 0 Å². The highest BCUT2D eigenvalue weighted by molar-refractivity contribution is 8.00. The predicted molar refractivity (Wildman–Crippen MR) is 85.6 cm³/mol. The SMILES string of the molecule is O=C(CSc1ccccc1[N+](=O)[O-])OCc1nnc(-c2ccco2)o1. The molecule has 3 aromatic rings. The molecule has 0 N–H and O–H groups in total. The fourth-order valence-corrected chi connectivity index (χ4v) is 2.68. The summed E-state index contributed by atoms with van der Waals surface area (Å²) in [4.78, 5) is 22.6. The Morgan fingerprint density at radius 1 is 1.24 bits per heavy atom. The summed E-state index contributed by atoms with van der Waals surface area (Å²) in [6.45, 7) is -0.190.